The number of nitrogens with zero attached hydrogens (tertiary/aromatic N) is 1. The summed E-state index contributed by atoms with van der Waals surface area (Å²) < 4.78 is 0. The lowest BCUT2D eigenvalue weighted by Gasteiger charge is -2.20. The van der Waals surface area contributed by atoms with Gasteiger partial charge in [-0.15, -0.1) is 0 Å². The first-order valence-electron chi connectivity index (χ1n) is 5.21. The smallest absolute Gasteiger partial charge is 0.305 e. The van der Waals surface area contributed by atoms with Gasteiger partial charge in [0.15, 0.2) is 0 Å². The summed E-state index contributed by atoms with van der Waals surface area (Å²) in [7, 11) is 0. The molecule has 0 aliphatic carbocycles. The van der Waals surface area contributed by atoms with Crippen LogP contribution in [0.3, 0.4) is 0 Å². The van der Waals surface area contributed by atoms with Gasteiger partial charge in [0.2, 0.25) is 5.91 Å². The molecule has 0 aromatic heterocycles. The van der Waals surface area contributed by atoms with Crippen LogP contribution in [0.2, 0.25) is 5.02 Å². The number of carbonyl (C=O) groups excluding carboxylic acids is 1. The van der Waals surface area contributed by atoms with E-state index >= 15 is 0 Å². The van der Waals surface area contributed by atoms with Crippen LogP contribution in [-0.4, -0.2) is 28.4 Å². The molecule has 0 fully saturated rings. The molecule has 0 saturated carbocycles. The lowest BCUT2D eigenvalue weighted by atomic mass is 10.2. The Morgan fingerprint density at radius 2 is 2.00 bits per heavy atom. The Balaban J connectivity index is 2.70. The number of rotatable bonds is 5. The summed E-state index contributed by atoms with van der Waals surface area (Å²) in [5.41, 5.74) is 0.815. The molecular formula is C12H14ClNO3. The van der Waals surface area contributed by atoms with Crippen LogP contribution in [0.25, 0.3) is 0 Å². The number of carboxylic acids is 1. The fourth-order valence-corrected chi connectivity index (χ4v) is 1.61. The maximum atomic E-state index is 11.4. The highest BCUT2D eigenvalue weighted by Gasteiger charge is 2.12. The van der Waals surface area contributed by atoms with E-state index in [2.05, 4.69) is 0 Å². The summed E-state index contributed by atoms with van der Waals surface area (Å²) in [4.78, 5) is 23.3. The van der Waals surface area contributed by atoms with Gasteiger partial charge in [-0.1, -0.05) is 29.8 Å². The SMILES string of the molecule is CC(=O)N(CCC(=O)O)Cc1ccccc1Cl. The fourth-order valence-electron chi connectivity index (χ4n) is 1.41. The molecule has 17 heavy (non-hydrogen) atoms. The summed E-state index contributed by atoms with van der Waals surface area (Å²) in [5.74, 6) is -1.08. The summed E-state index contributed by atoms with van der Waals surface area (Å²) >= 11 is 5.98. The van der Waals surface area contributed by atoms with Gasteiger partial charge < -0.3 is 10.0 Å². The first-order chi connectivity index (χ1) is 8.00. The second-order valence-corrected chi connectivity index (χ2v) is 4.08. The Kier molecular flexibility index (Phi) is 4.97. The maximum absolute atomic E-state index is 11.4. The zero-order valence-corrected chi connectivity index (χ0v) is 10.3. The van der Waals surface area contributed by atoms with Gasteiger partial charge in [0, 0.05) is 25.0 Å². The highest BCUT2D eigenvalue weighted by atomic mass is 35.5. The van der Waals surface area contributed by atoms with Crippen molar-refractivity contribution in [2.45, 2.75) is 19.9 Å². The Hall–Kier alpha value is -1.55. The van der Waals surface area contributed by atoms with Crippen molar-refractivity contribution in [2.24, 2.45) is 0 Å². The monoisotopic (exact) mass is 255 g/mol. The second kappa shape index (κ2) is 6.25. The third-order valence-electron chi connectivity index (χ3n) is 2.36. The van der Waals surface area contributed by atoms with Crippen LogP contribution < -0.4 is 0 Å². The first-order valence-corrected chi connectivity index (χ1v) is 5.59. The minimum atomic E-state index is -0.921. The predicted octanol–water partition coefficient (Wildman–Crippen LogP) is 2.16. The van der Waals surface area contributed by atoms with E-state index in [0.717, 1.165) is 5.56 Å². The molecule has 0 bridgehead atoms. The third kappa shape index (κ3) is 4.44. The predicted molar refractivity (Wildman–Crippen MR) is 64.8 cm³/mol. The van der Waals surface area contributed by atoms with Gasteiger partial charge in [0.25, 0.3) is 0 Å². The Morgan fingerprint density at radius 1 is 1.35 bits per heavy atom. The Bertz CT molecular complexity index is 420. The largest absolute Gasteiger partial charge is 0.481 e. The summed E-state index contributed by atoms with van der Waals surface area (Å²) in [6.07, 6.45) is -0.0654. The molecular weight excluding hydrogens is 242 g/mol. The van der Waals surface area contributed by atoms with E-state index in [1.165, 1.54) is 11.8 Å². The molecule has 1 aromatic rings. The number of halogens is 1. The van der Waals surface area contributed by atoms with E-state index in [4.69, 9.17) is 16.7 Å². The quantitative estimate of drug-likeness (QED) is 0.877. The zero-order valence-electron chi connectivity index (χ0n) is 9.52. The van der Waals surface area contributed by atoms with Gasteiger partial charge in [-0.2, -0.15) is 0 Å². The van der Waals surface area contributed by atoms with Crippen molar-refractivity contribution < 1.29 is 14.7 Å². The number of hydrogen-bond acceptors (Lipinski definition) is 2. The average Bonchev–Trinajstić information content (AvgIpc) is 2.25. The zero-order chi connectivity index (χ0) is 12.8. The number of carboxylic acid groups (broad SMARTS) is 1. The molecule has 0 spiro atoms. The molecule has 5 heteroatoms. The molecule has 1 amide bonds. The summed E-state index contributed by atoms with van der Waals surface area (Å²) in [5, 5.41) is 9.18. The minimum absolute atomic E-state index is 0.0654. The molecule has 0 aliphatic rings. The number of hydrogen-bond donors (Lipinski definition) is 1. The van der Waals surface area contributed by atoms with Crippen molar-refractivity contribution in [3.8, 4) is 0 Å². The van der Waals surface area contributed by atoms with E-state index in [-0.39, 0.29) is 18.9 Å². The van der Waals surface area contributed by atoms with Gasteiger partial charge in [0.1, 0.15) is 0 Å². The number of carbonyl (C=O) groups is 2. The lowest BCUT2D eigenvalue weighted by molar-refractivity contribution is -0.138. The molecule has 0 saturated heterocycles. The molecule has 0 radical (unpaired) electrons. The maximum Gasteiger partial charge on any atom is 0.305 e. The van der Waals surface area contributed by atoms with E-state index in [0.29, 0.717) is 11.6 Å². The fraction of sp³-hybridized carbons (Fsp3) is 0.333. The van der Waals surface area contributed by atoms with Crippen LogP contribution >= 0.6 is 11.6 Å². The lowest BCUT2D eigenvalue weighted by Crippen LogP contribution is -2.30. The van der Waals surface area contributed by atoms with E-state index < -0.39 is 5.97 Å². The van der Waals surface area contributed by atoms with Crippen molar-refractivity contribution in [1.29, 1.82) is 0 Å². The standard InChI is InChI=1S/C12H14ClNO3/c1-9(15)14(7-6-12(16)17)8-10-4-2-3-5-11(10)13/h2-5H,6-8H2,1H3,(H,16,17). The van der Waals surface area contributed by atoms with Gasteiger partial charge in [0.05, 0.1) is 6.42 Å². The van der Waals surface area contributed by atoms with Crippen molar-refractivity contribution in [2.75, 3.05) is 6.54 Å². The number of aliphatic carboxylic acids is 1. The summed E-state index contributed by atoms with van der Waals surface area (Å²) in [6, 6.07) is 7.20. The number of amides is 1. The molecule has 1 aromatic carbocycles. The highest BCUT2D eigenvalue weighted by molar-refractivity contribution is 6.31. The van der Waals surface area contributed by atoms with E-state index in [1.807, 2.05) is 12.1 Å². The van der Waals surface area contributed by atoms with E-state index in [1.54, 1.807) is 12.1 Å². The molecule has 1 N–H and O–H groups in total. The topological polar surface area (TPSA) is 57.6 Å². The van der Waals surface area contributed by atoms with Crippen LogP contribution in [0.1, 0.15) is 18.9 Å². The van der Waals surface area contributed by atoms with Crippen LogP contribution in [0.5, 0.6) is 0 Å². The van der Waals surface area contributed by atoms with Gasteiger partial charge in [-0.05, 0) is 11.6 Å². The molecule has 0 aliphatic heterocycles. The van der Waals surface area contributed by atoms with Crippen molar-refractivity contribution >= 4 is 23.5 Å². The second-order valence-electron chi connectivity index (χ2n) is 3.68. The highest BCUT2D eigenvalue weighted by Crippen LogP contribution is 2.17. The van der Waals surface area contributed by atoms with Gasteiger partial charge in [-0.3, -0.25) is 9.59 Å². The van der Waals surface area contributed by atoms with Crippen LogP contribution in [0, 0.1) is 0 Å². The average molecular weight is 256 g/mol. The minimum Gasteiger partial charge on any atom is -0.481 e. The van der Waals surface area contributed by atoms with Crippen LogP contribution in [0.15, 0.2) is 24.3 Å². The van der Waals surface area contributed by atoms with Crippen LogP contribution in [-0.2, 0) is 16.1 Å². The molecule has 4 nitrogen and oxygen atoms in total. The summed E-state index contributed by atoms with van der Waals surface area (Å²) in [6.45, 7) is 1.94. The number of benzene rings is 1. The Labute approximate surface area is 105 Å². The van der Waals surface area contributed by atoms with Gasteiger partial charge in [-0.25, -0.2) is 0 Å². The Morgan fingerprint density at radius 3 is 2.53 bits per heavy atom. The first kappa shape index (κ1) is 13.5. The van der Waals surface area contributed by atoms with Gasteiger partial charge >= 0.3 is 5.97 Å². The molecule has 0 atom stereocenters. The van der Waals surface area contributed by atoms with Crippen LogP contribution in [0.4, 0.5) is 0 Å². The van der Waals surface area contributed by atoms with Crippen molar-refractivity contribution in [3.05, 3.63) is 34.9 Å². The molecule has 1 rings (SSSR count). The molecule has 92 valence electrons. The molecule has 0 unspecified atom stereocenters. The normalized spacial score (nSPS) is 10.0. The van der Waals surface area contributed by atoms with E-state index in [9.17, 15) is 9.59 Å². The third-order valence-corrected chi connectivity index (χ3v) is 2.73. The molecule has 0 heterocycles. The van der Waals surface area contributed by atoms with Crippen molar-refractivity contribution in [3.63, 3.8) is 0 Å². The van der Waals surface area contributed by atoms with Crippen molar-refractivity contribution in [1.82, 2.24) is 4.90 Å².